The maximum absolute atomic E-state index is 12.0. The van der Waals surface area contributed by atoms with Crippen molar-refractivity contribution in [3.63, 3.8) is 0 Å². The number of anilines is 1. The number of aryl methyl sites for hydroxylation is 1. The van der Waals surface area contributed by atoms with Gasteiger partial charge in [-0.1, -0.05) is 37.6 Å². The maximum Gasteiger partial charge on any atom is 0.303 e. The summed E-state index contributed by atoms with van der Waals surface area (Å²) < 4.78 is 0. The number of nitrogens with one attached hydrogen (secondary N) is 1. The van der Waals surface area contributed by atoms with Crippen molar-refractivity contribution in [1.29, 1.82) is 0 Å². The monoisotopic (exact) mass is 283 g/mol. The van der Waals surface area contributed by atoms with E-state index in [-0.39, 0.29) is 18.7 Å². The zero-order chi connectivity index (χ0) is 14.6. The molecule has 1 amide bonds. The number of halogens is 1. The molecule has 1 rings (SSSR count). The number of carboxylic acid groups (broad SMARTS) is 1. The lowest BCUT2D eigenvalue weighted by atomic mass is 9.85. The highest BCUT2D eigenvalue weighted by Crippen LogP contribution is 2.28. The van der Waals surface area contributed by atoms with Gasteiger partial charge in [0, 0.05) is 6.42 Å². The van der Waals surface area contributed by atoms with E-state index >= 15 is 0 Å². The Bertz CT molecular complexity index is 477. The summed E-state index contributed by atoms with van der Waals surface area (Å²) in [6.45, 7) is 5.35. The van der Waals surface area contributed by atoms with Gasteiger partial charge in [-0.2, -0.15) is 0 Å². The Morgan fingerprint density at radius 2 is 1.95 bits per heavy atom. The summed E-state index contributed by atoms with van der Waals surface area (Å²) in [6, 6.07) is 5.36. The van der Waals surface area contributed by atoms with Gasteiger partial charge in [-0.3, -0.25) is 9.59 Å². The van der Waals surface area contributed by atoms with Crippen LogP contribution in [-0.4, -0.2) is 17.0 Å². The minimum absolute atomic E-state index is 0.0536. The molecule has 5 heteroatoms. The second kappa shape index (κ2) is 6.06. The van der Waals surface area contributed by atoms with Gasteiger partial charge in [0.05, 0.1) is 17.1 Å². The predicted molar refractivity (Wildman–Crippen MR) is 75.5 cm³/mol. The zero-order valence-electron chi connectivity index (χ0n) is 11.3. The van der Waals surface area contributed by atoms with Crippen LogP contribution in [0, 0.1) is 12.3 Å². The van der Waals surface area contributed by atoms with Crippen molar-refractivity contribution >= 4 is 29.2 Å². The Labute approximate surface area is 117 Å². The summed E-state index contributed by atoms with van der Waals surface area (Å²) in [6.07, 6.45) is 0.0753. The molecular weight excluding hydrogens is 266 g/mol. The van der Waals surface area contributed by atoms with Crippen molar-refractivity contribution in [2.45, 2.75) is 33.6 Å². The number of rotatable bonds is 5. The summed E-state index contributed by atoms with van der Waals surface area (Å²) in [4.78, 5) is 22.7. The van der Waals surface area contributed by atoms with Crippen LogP contribution in [0.5, 0.6) is 0 Å². The number of amides is 1. The average molecular weight is 284 g/mol. The van der Waals surface area contributed by atoms with Crippen molar-refractivity contribution in [2.24, 2.45) is 5.41 Å². The molecule has 0 saturated carbocycles. The van der Waals surface area contributed by atoms with E-state index in [4.69, 9.17) is 16.7 Å². The van der Waals surface area contributed by atoms with E-state index in [1.165, 1.54) is 0 Å². The summed E-state index contributed by atoms with van der Waals surface area (Å²) in [5.74, 6) is -1.14. The van der Waals surface area contributed by atoms with Crippen LogP contribution in [0.15, 0.2) is 18.2 Å². The molecule has 19 heavy (non-hydrogen) atoms. The molecule has 0 aliphatic carbocycles. The van der Waals surface area contributed by atoms with Crippen molar-refractivity contribution < 1.29 is 14.7 Å². The highest BCUT2D eigenvalue weighted by atomic mass is 35.5. The van der Waals surface area contributed by atoms with E-state index in [2.05, 4.69) is 5.32 Å². The maximum atomic E-state index is 12.0. The van der Waals surface area contributed by atoms with Gasteiger partial charge < -0.3 is 10.4 Å². The Morgan fingerprint density at radius 1 is 1.32 bits per heavy atom. The molecule has 0 aliphatic rings. The first-order chi connectivity index (χ1) is 8.71. The minimum atomic E-state index is -0.910. The summed E-state index contributed by atoms with van der Waals surface area (Å²) in [5.41, 5.74) is 0.864. The number of carbonyl (C=O) groups is 2. The first kappa shape index (κ1) is 15.5. The number of para-hydroxylation sites is 1. The predicted octanol–water partition coefficient (Wildman–Crippen LogP) is 3.48. The van der Waals surface area contributed by atoms with Crippen molar-refractivity contribution in [1.82, 2.24) is 0 Å². The molecule has 0 unspecified atom stereocenters. The molecule has 0 radical (unpaired) electrons. The van der Waals surface area contributed by atoms with Crippen LogP contribution >= 0.6 is 11.6 Å². The van der Waals surface area contributed by atoms with Gasteiger partial charge in [-0.05, 0) is 24.0 Å². The van der Waals surface area contributed by atoms with Crippen molar-refractivity contribution in [2.75, 3.05) is 5.32 Å². The van der Waals surface area contributed by atoms with Crippen LogP contribution in [0.4, 0.5) is 5.69 Å². The van der Waals surface area contributed by atoms with Crippen LogP contribution in [0.1, 0.15) is 32.3 Å². The second-order valence-electron chi connectivity index (χ2n) is 5.39. The quantitative estimate of drug-likeness (QED) is 0.869. The van der Waals surface area contributed by atoms with Gasteiger partial charge in [-0.15, -0.1) is 0 Å². The SMILES string of the molecule is Cc1cccc(Cl)c1NC(=O)CC(C)(C)CC(=O)O. The number of hydrogen-bond acceptors (Lipinski definition) is 2. The third kappa shape index (κ3) is 4.91. The summed E-state index contributed by atoms with van der Waals surface area (Å²) >= 11 is 6.02. The fourth-order valence-electron chi connectivity index (χ4n) is 1.88. The van der Waals surface area contributed by atoms with Crippen LogP contribution < -0.4 is 5.32 Å². The first-order valence-corrected chi connectivity index (χ1v) is 6.36. The fourth-order valence-corrected chi connectivity index (χ4v) is 2.15. The lowest BCUT2D eigenvalue weighted by Gasteiger charge is -2.22. The van der Waals surface area contributed by atoms with Gasteiger partial charge in [0.1, 0.15) is 0 Å². The number of hydrogen-bond donors (Lipinski definition) is 2. The molecule has 0 heterocycles. The molecule has 0 fully saturated rings. The molecule has 0 aromatic heterocycles. The van der Waals surface area contributed by atoms with Gasteiger partial charge >= 0.3 is 5.97 Å². The third-order valence-corrected chi connectivity index (χ3v) is 3.07. The Morgan fingerprint density at radius 3 is 2.47 bits per heavy atom. The zero-order valence-corrected chi connectivity index (χ0v) is 12.0. The van der Waals surface area contributed by atoms with E-state index in [1.807, 2.05) is 19.1 Å². The Balaban J connectivity index is 2.73. The lowest BCUT2D eigenvalue weighted by molar-refractivity contribution is -0.139. The van der Waals surface area contributed by atoms with E-state index in [0.29, 0.717) is 10.7 Å². The Kier molecular flexibility index (Phi) is 4.95. The minimum Gasteiger partial charge on any atom is -0.481 e. The molecule has 1 aromatic rings. The number of aliphatic carboxylic acids is 1. The molecule has 0 saturated heterocycles. The summed E-state index contributed by atoms with van der Waals surface area (Å²) in [5, 5.41) is 12.0. The normalized spacial score (nSPS) is 11.2. The topological polar surface area (TPSA) is 66.4 Å². The number of benzene rings is 1. The first-order valence-electron chi connectivity index (χ1n) is 5.98. The van der Waals surface area contributed by atoms with E-state index < -0.39 is 11.4 Å². The van der Waals surface area contributed by atoms with Crippen LogP contribution in [0.3, 0.4) is 0 Å². The van der Waals surface area contributed by atoms with E-state index in [0.717, 1.165) is 5.56 Å². The van der Waals surface area contributed by atoms with Crippen LogP contribution in [0.2, 0.25) is 5.02 Å². The Hall–Kier alpha value is -1.55. The number of carboxylic acids is 1. The van der Waals surface area contributed by atoms with E-state index in [1.54, 1.807) is 19.9 Å². The standard InChI is InChI=1S/C14H18ClNO3/c1-9-5-4-6-10(15)13(9)16-11(17)7-14(2,3)8-12(18)19/h4-6H,7-8H2,1-3H3,(H,16,17)(H,18,19). The average Bonchev–Trinajstić information content (AvgIpc) is 2.20. The molecule has 0 atom stereocenters. The van der Waals surface area contributed by atoms with Gasteiger partial charge in [0.2, 0.25) is 5.91 Å². The van der Waals surface area contributed by atoms with Gasteiger partial charge in [0.25, 0.3) is 0 Å². The molecule has 4 nitrogen and oxygen atoms in total. The molecule has 0 spiro atoms. The highest BCUT2D eigenvalue weighted by molar-refractivity contribution is 6.33. The molecule has 1 aromatic carbocycles. The fraction of sp³-hybridized carbons (Fsp3) is 0.429. The van der Waals surface area contributed by atoms with Gasteiger partial charge in [-0.25, -0.2) is 0 Å². The largest absolute Gasteiger partial charge is 0.481 e. The van der Waals surface area contributed by atoms with E-state index in [9.17, 15) is 9.59 Å². The smallest absolute Gasteiger partial charge is 0.303 e. The third-order valence-electron chi connectivity index (χ3n) is 2.76. The number of carbonyl (C=O) groups excluding carboxylic acids is 1. The molecule has 0 bridgehead atoms. The lowest BCUT2D eigenvalue weighted by Crippen LogP contribution is -2.25. The van der Waals surface area contributed by atoms with Crippen molar-refractivity contribution in [3.05, 3.63) is 28.8 Å². The molecule has 2 N–H and O–H groups in total. The summed E-state index contributed by atoms with van der Waals surface area (Å²) in [7, 11) is 0. The van der Waals surface area contributed by atoms with Crippen molar-refractivity contribution in [3.8, 4) is 0 Å². The van der Waals surface area contributed by atoms with Gasteiger partial charge in [0.15, 0.2) is 0 Å². The molecular formula is C14H18ClNO3. The molecule has 104 valence electrons. The van der Waals surface area contributed by atoms with Crippen LogP contribution in [-0.2, 0) is 9.59 Å². The second-order valence-corrected chi connectivity index (χ2v) is 5.80. The van der Waals surface area contributed by atoms with Crippen LogP contribution in [0.25, 0.3) is 0 Å². The highest BCUT2D eigenvalue weighted by Gasteiger charge is 2.25. The molecule has 0 aliphatic heterocycles.